The van der Waals surface area contributed by atoms with Gasteiger partial charge < -0.3 is 4.42 Å². The molecule has 0 saturated carbocycles. The molecule has 0 atom stereocenters. The third-order valence-electron chi connectivity index (χ3n) is 2.01. The molecule has 5 nitrogen and oxygen atoms in total. The largest absolute Gasteiger partial charge is 0.420 e. The molecular formula is C10H8N2O3. The number of oxazole rings is 1. The minimum Gasteiger partial charge on any atom is -0.406 e. The van der Waals surface area contributed by atoms with Crippen LogP contribution in [0.4, 0.5) is 0 Å². The van der Waals surface area contributed by atoms with Gasteiger partial charge in [-0.1, -0.05) is 6.08 Å². The number of nitrogens with zero attached hydrogens (tertiary/aromatic N) is 2. The molecule has 0 radical (unpaired) electrons. The van der Waals surface area contributed by atoms with Crippen molar-refractivity contribution >= 4 is 23.6 Å². The highest BCUT2D eigenvalue weighted by Crippen LogP contribution is 2.11. The zero-order valence-corrected chi connectivity index (χ0v) is 8.01. The molecule has 2 heterocycles. The number of carbonyl (C=O) groups excluding carboxylic acids is 1. The maximum atomic E-state index is 11.1. The fourth-order valence-corrected chi connectivity index (χ4v) is 1.27. The number of aldehydes is 1. The van der Waals surface area contributed by atoms with Gasteiger partial charge in [-0.2, -0.15) is 0 Å². The van der Waals surface area contributed by atoms with Crippen molar-refractivity contribution in [1.29, 1.82) is 0 Å². The van der Waals surface area contributed by atoms with E-state index in [1.807, 2.05) is 0 Å². The number of aryl methyl sites for hydroxylation is 1. The number of allylic oxidation sites excluding steroid dienone is 1. The third-order valence-corrected chi connectivity index (χ3v) is 2.01. The molecule has 2 rings (SSSR count). The van der Waals surface area contributed by atoms with Crippen LogP contribution in [-0.2, 0) is 11.8 Å². The summed E-state index contributed by atoms with van der Waals surface area (Å²) in [6, 6.07) is 1.66. The van der Waals surface area contributed by atoms with E-state index in [0.717, 1.165) is 0 Å². The quantitative estimate of drug-likeness (QED) is 0.534. The van der Waals surface area contributed by atoms with Crippen LogP contribution in [0, 0.1) is 0 Å². The molecule has 0 aliphatic carbocycles. The first kappa shape index (κ1) is 9.39. The monoisotopic (exact) mass is 204 g/mol. The summed E-state index contributed by atoms with van der Waals surface area (Å²) >= 11 is 0. The lowest BCUT2D eigenvalue weighted by molar-refractivity contribution is -0.104. The van der Waals surface area contributed by atoms with Gasteiger partial charge in [0.25, 0.3) is 0 Å². The van der Waals surface area contributed by atoms with Crippen molar-refractivity contribution < 1.29 is 9.21 Å². The van der Waals surface area contributed by atoms with Crippen molar-refractivity contribution in [1.82, 2.24) is 9.55 Å². The van der Waals surface area contributed by atoms with Gasteiger partial charge in [0.1, 0.15) is 6.29 Å². The van der Waals surface area contributed by atoms with E-state index < -0.39 is 5.76 Å². The van der Waals surface area contributed by atoms with Crippen LogP contribution in [0.25, 0.3) is 17.3 Å². The summed E-state index contributed by atoms with van der Waals surface area (Å²) in [4.78, 5) is 25.3. The lowest BCUT2D eigenvalue weighted by Gasteiger charge is -1.92. The Morgan fingerprint density at radius 3 is 3.07 bits per heavy atom. The van der Waals surface area contributed by atoms with Crippen molar-refractivity contribution in [3.8, 4) is 0 Å². The van der Waals surface area contributed by atoms with E-state index in [9.17, 15) is 9.59 Å². The minimum atomic E-state index is -0.450. The van der Waals surface area contributed by atoms with Gasteiger partial charge in [-0.15, -0.1) is 0 Å². The van der Waals surface area contributed by atoms with E-state index in [2.05, 4.69) is 4.98 Å². The molecule has 15 heavy (non-hydrogen) atoms. The van der Waals surface area contributed by atoms with Gasteiger partial charge >= 0.3 is 5.76 Å². The Hall–Kier alpha value is -2.17. The Bertz CT molecular complexity index is 592. The van der Waals surface area contributed by atoms with Crippen molar-refractivity contribution in [2.75, 3.05) is 0 Å². The summed E-state index contributed by atoms with van der Waals surface area (Å²) in [7, 11) is 1.59. The Morgan fingerprint density at radius 1 is 1.53 bits per heavy atom. The van der Waals surface area contributed by atoms with Gasteiger partial charge in [0.2, 0.25) is 0 Å². The predicted molar refractivity (Wildman–Crippen MR) is 54.3 cm³/mol. The van der Waals surface area contributed by atoms with Crippen LogP contribution in [0.2, 0.25) is 0 Å². The molecule has 0 aliphatic rings. The van der Waals surface area contributed by atoms with Crippen LogP contribution in [-0.4, -0.2) is 15.8 Å². The highest BCUT2D eigenvalue weighted by atomic mass is 16.4. The fourth-order valence-electron chi connectivity index (χ4n) is 1.27. The molecule has 2 aromatic rings. The van der Waals surface area contributed by atoms with Crippen LogP contribution in [0.15, 0.2) is 27.6 Å². The Morgan fingerprint density at radius 2 is 2.33 bits per heavy atom. The molecule has 0 spiro atoms. The molecule has 0 saturated heterocycles. The molecule has 5 heteroatoms. The highest BCUT2D eigenvalue weighted by Gasteiger charge is 2.06. The molecule has 0 aliphatic heterocycles. The number of aromatic nitrogens is 2. The first-order valence-corrected chi connectivity index (χ1v) is 4.30. The van der Waals surface area contributed by atoms with Gasteiger partial charge in [-0.3, -0.25) is 9.36 Å². The molecule has 0 amide bonds. The fraction of sp³-hybridized carbons (Fsp3) is 0.100. The second-order valence-corrected chi connectivity index (χ2v) is 3.01. The Balaban J connectivity index is 2.61. The van der Waals surface area contributed by atoms with Crippen LogP contribution in [0.1, 0.15) is 5.56 Å². The second kappa shape index (κ2) is 3.53. The van der Waals surface area contributed by atoms with Crippen LogP contribution in [0.5, 0.6) is 0 Å². The van der Waals surface area contributed by atoms with E-state index in [-0.39, 0.29) is 0 Å². The average Bonchev–Trinajstić information content (AvgIpc) is 2.52. The Labute approximate surface area is 84.6 Å². The third kappa shape index (κ3) is 1.59. The number of carbonyl (C=O) groups is 1. The van der Waals surface area contributed by atoms with Crippen LogP contribution < -0.4 is 5.76 Å². The molecule has 0 unspecified atom stereocenters. The maximum Gasteiger partial charge on any atom is 0.420 e. The summed E-state index contributed by atoms with van der Waals surface area (Å²) in [5, 5.41) is 0. The molecule has 76 valence electrons. The summed E-state index contributed by atoms with van der Waals surface area (Å²) in [6.07, 6.45) is 5.18. The number of pyridine rings is 1. The number of rotatable bonds is 2. The Kier molecular flexibility index (Phi) is 2.21. The highest BCUT2D eigenvalue weighted by molar-refractivity contribution is 5.77. The maximum absolute atomic E-state index is 11.1. The second-order valence-electron chi connectivity index (χ2n) is 3.01. The summed E-state index contributed by atoms with van der Waals surface area (Å²) < 4.78 is 6.26. The zero-order valence-electron chi connectivity index (χ0n) is 8.01. The van der Waals surface area contributed by atoms with Crippen molar-refractivity contribution in [3.05, 3.63) is 34.5 Å². The van der Waals surface area contributed by atoms with Crippen LogP contribution in [0.3, 0.4) is 0 Å². The molecule has 0 N–H and O–H groups in total. The smallest absolute Gasteiger partial charge is 0.406 e. The zero-order chi connectivity index (χ0) is 10.8. The lowest BCUT2D eigenvalue weighted by Crippen LogP contribution is -2.08. The average molecular weight is 204 g/mol. The molecule has 0 aromatic carbocycles. The number of hydrogen-bond donors (Lipinski definition) is 0. The normalized spacial score (nSPS) is 11.3. The SMILES string of the molecule is Cn1c(=O)oc2cc(/C=C/C=O)cnc21. The molecule has 2 aromatic heterocycles. The standard InChI is InChI=1S/C10H8N2O3/c1-12-9-8(15-10(12)14)5-7(6-11-9)3-2-4-13/h2-6H,1H3/b3-2+. The predicted octanol–water partition coefficient (Wildman–Crippen LogP) is 0.739. The van der Waals surface area contributed by atoms with Gasteiger partial charge in [0, 0.05) is 13.2 Å². The van der Waals surface area contributed by atoms with Crippen LogP contribution >= 0.6 is 0 Å². The van der Waals surface area contributed by atoms with E-state index in [1.165, 1.54) is 10.6 Å². The minimum absolute atomic E-state index is 0.413. The van der Waals surface area contributed by atoms with Gasteiger partial charge in [0.15, 0.2) is 11.2 Å². The summed E-state index contributed by atoms with van der Waals surface area (Å²) in [5.74, 6) is -0.450. The van der Waals surface area contributed by atoms with E-state index in [1.54, 1.807) is 25.4 Å². The van der Waals surface area contributed by atoms with E-state index in [4.69, 9.17) is 4.42 Å². The summed E-state index contributed by atoms with van der Waals surface area (Å²) in [6.45, 7) is 0. The first-order chi connectivity index (χ1) is 7.22. The van der Waals surface area contributed by atoms with Gasteiger partial charge in [-0.25, -0.2) is 9.78 Å². The molecular weight excluding hydrogens is 196 g/mol. The topological polar surface area (TPSA) is 65.1 Å². The summed E-state index contributed by atoms with van der Waals surface area (Å²) in [5.41, 5.74) is 1.61. The molecule has 0 bridgehead atoms. The number of hydrogen-bond acceptors (Lipinski definition) is 4. The molecule has 0 fully saturated rings. The lowest BCUT2D eigenvalue weighted by atomic mass is 10.2. The van der Waals surface area contributed by atoms with E-state index in [0.29, 0.717) is 23.1 Å². The van der Waals surface area contributed by atoms with Crippen molar-refractivity contribution in [3.63, 3.8) is 0 Å². The van der Waals surface area contributed by atoms with Crippen molar-refractivity contribution in [2.45, 2.75) is 0 Å². The van der Waals surface area contributed by atoms with Crippen molar-refractivity contribution in [2.24, 2.45) is 7.05 Å². The van der Waals surface area contributed by atoms with Gasteiger partial charge in [0.05, 0.1) is 0 Å². The first-order valence-electron chi connectivity index (χ1n) is 4.30. The van der Waals surface area contributed by atoms with Gasteiger partial charge in [-0.05, 0) is 17.7 Å². The number of fused-ring (bicyclic) bond motifs is 1. The van der Waals surface area contributed by atoms with E-state index >= 15 is 0 Å².